The molecule has 0 saturated carbocycles. The lowest BCUT2D eigenvalue weighted by atomic mass is 9.98. The molecule has 3 aromatic carbocycles. The third-order valence-electron chi connectivity index (χ3n) is 4.73. The van der Waals surface area contributed by atoms with Gasteiger partial charge in [-0.15, -0.1) is 0 Å². The summed E-state index contributed by atoms with van der Waals surface area (Å²) in [6.45, 7) is 2.15. The topological polar surface area (TPSA) is 0 Å². The number of aryl methyl sites for hydroxylation is 3. The minimum Gasteiger partial charge on any atom is -0.206 e. The second kappa shape index (κ2) is 9.00. The van der Waals surface area contributed by atoms with Crippen LogP contribution in [0.1, 0.15) is 36.5 Å². The molecule has 0 aliphatic rings. The molecule has 0 unspecified atom stereocenters. The van der Waals surface area contributed by atoms with Crippen LogP contribution < -0.4 is 0 Å². The zero-order valence-corrected chi connectivity index (χ0v) is 15.9. The van der Waals surface area contributed by atoms with Crippen molar-refractivity contribution in [1.29, 1.82) is 0 Å². The molecule has 0 N–H and O–H groups in total. The van der Waals surface area contributed by atoms with Gasteiger partial charge in [0, 0.05) is 10.6 Å². The minimum atomic E-state index is -0.132. The highest BCUT2D eigenvalue weighted by molar-refractivity contribution is 6.30. The van der Waals surface area contributed by atoms with Gasteiger partial charge in [0.15, 0.2) is 0 Å². The van der Waals surface area contributed by atoms with Gasteiger partial charge in [0.05, 0.1) is 0 Å². The molecule has 0 amide bonds. The van der Waals surface area contributed by atoms with E-state index in [1.165, 1.54) is 11.1 Å². The molecule has 0 saturated heterocycles. The maximum absolute atomic E-state index is 14.5. The molecule has 0 radical (unpaired) electrons. The summed E-state index contributed by atoms with van der Waals surface area (Å²) >= 11 is 5.92. The molecule has 3 aromatic rings. The zero-order valence-electron chi connectivity index (χ0n) is 15.1. The van der Waals surface area contributed by atoms with E-state index in [4.69, 9.17) is 11.6 Å². The van der Waals surface area contributed by atoms with Crippen molar-refractivity contribution in [2.24, 2.45) is 0 Å². The van der Waals surface area contributed by atoms with Crippen molar-refractivity contribution >= 4 is 11.6 Å². The lowest BCUT2D eigenvalue weighted by Gasteiger charge is -2.08. The first-order valence-electron chi connectivity index (χ1n) is 9.28. The summed E-state index contributed by atoms with van der Waals surface area (Å²) < 4.78 is 14.5. The Morgan fingerprint density at radius 3 is 1.88 bits per heavy atom. The SMILES string of the molecule is CCCCc1ccc(-c2ccc(CCc3ccc(Cl)cc3)cc2)c(F)c1. The molecule has 134 valence electrons. The summed E-state index contributed by atoms with van der Waals surface area (Å²) in [6, 6.07) is 21.8. The van der Waals surface area contributed by atoms with Crippen LogP contribution in [-0.4, -0.2) is 0 Å². The average molecular weight is 367 g/mol. The van der Waals surface area contributed by atoms with Crippen LogP contribution in [-0.2, 0) is 19.3 Å². The minimum absolute atomic E-state index is 0.132. The van der Waals surface area contributed by atoms with Gasteiger partial charge in [0.2, 0.25) is 0 Å². The Morgan fingerprint density at radius 1 is 0.731 bits per heavy atom. The van der Waals surface area contributed by atoms with E-state index in [2.05, 4.69) is 31.2 Å². The molecule has 0 aliphatic carbocycles. The molecule has 0 spiro atoms. The Hall–Kier alpha value is -2.12. The van der Waals surface area contributed by atoms with Gasteiger partial charge in [-0.2, -0.15) is 0 Å². The Morgan fingerprint density at radius 2 is 1.31 bits per heavy atom. The Balaban J connectivity index is 1.66. The normalized spacial score (nSPS) is 10.9. The smallest absolute Gasteiger partial charge is 0.131 e. The van der Waals surface area contributed by atoms with Crippen molar-refractivity contribution in [3.8, 4) is 11.1 Å². The van der Waals surface area contributed by atoms with E-state index in [0.717, 1.165) is 48.3 Å². The van der Waals surface area contributed by atoms with E-state index in [-0.39, 0.29) is 5.82 Å². The predicted octanol–water partition coefficient (Wildman–Crippen LogP) is 7.27. The molecule has 0 nitrogen and oxygen atoms in total. The molecular weight excluding hydrogens is 343 g/mol. The molecule has 0 atom stereocenters. The molecule has 0 aromatic heterocycles. The van der Waals surface area contributed by atoms with Crippen LogP contribution in [0.3, 0.4) is 0 Å². The fourth-order valence-electron chi connectivity index (χ4n) is 3.12. The van der Waals surface area contributed by atoms with Gasteiger partial charge in [-0.1, -0.05) is 73.5 Å². The Bertz CT molecular complexity index is 835. The monoisotopic (exact) mass is 366 g/mol. The number of halogens is 2. The van der Waals surface area contributed by atoms with E-state index < -0.39 is 0 Å². The van der Waals surface area contributed by atoms with Crippen LogP contribution in [0.4, 0.5) is 4.39 Å². The molecule has 3 rings (SSSR count). The highest BCUT2D eigenvalue weighted by atomic mass is 35.5. The van der Waals surface area contributed by atoms with Crippen molar-refractivity contribution in [3.63, 3.8) is 0 Å². The van der Waals surface area contributed by atoms with E-state index in [9.17, 15) is 4.39 Å². The second-order valence-electron chi connectivity index (χ2n) is 6.74. The van der Waals surface area contributed by atoms with Crippen molar-refractivity contribution in [3.05, 3.63) is 94.3 Å². The summed E-state index contributed by atoms with van der Waals surface area (Å²) in [5.74, 6) is -0.132. The number of hydrogen-bond acceptors (Lipinski definition) is 0. The highest BCUT2D eigenvalue weighted by Crippen LogP contribution is 2.25. The summed E-state index contributed by atoms with van der Waals surface area (Å²) in [5.41, 5.74) is 5.21. The Kier molecular flexibility index (Phi) is 6.46. The first-order chi connectivity index (χ1) is 12.7. The second-order valence-corrected chi connectivity index (χ2v) is 7.18. The lowest BCUT2D eigenvalue weighted by molar-refractivity contribution is 0.627. The van der Waals surface area contributed by atoms with Crippen molar-refractivity contribution in [1.82, 2.24) is 0 Å². The molecule has 26 heavy (non-hydrogen) atoms. The maximum Gasteiger partial charge on any atom is 0.131 e. The quantitative estimate of drug-likeness (QED) is 0.412. The Labute approximate surface area is 160 Å². The number of benzene rings is 3. The molecule has 0 bridgehead atoms. The molecule has 0 fully saturated rings. The molecular formula is C24H24ClF. The van der Waals surface area contributed by atoms with Crippen LogP contribution in [0.2, 0.25) is 5.02 Å². The van der Waals surface area contributed by atoms with Crippen LogP contribution in [0, 0.1) is 5.82 Å². The summed E-state index contributed by atoms with van der Waals surface area (Å²) in [5, 5.41) is 0.765. The predicted molar refractivity (Wildman–Crippen MR) is 109 cm³/mol. The first-order valence-corrected chi connectivity index (χ1v) is 9.65. The van der Waals surface area contributed by atoms with E-state index in [0.29, 0.717) is 5.56 Å². The van der Waals surface area contributed by atoms with E-state index in [1.54, 1.807) is 6.07 Å². The van der Waals surface area contributed by atoms with Crippen molar-refractivity contribution < 1.29 is 4.39 Å². The van der Waals surface area contributed by atoms with Gasteiger partial charge < -0.3 is 0 Å². The molecule has 2 heteroatoms. The van der Waals surface area contributed by atoms with Gasteiger partial charge in [0.25, 0.3) is 0 Å². The third kappa shape index (κ3) is 4.95. The fraction of sp³-hybridized carbons (Fsp3) is 0.250. The summed E-state index contributed by atoms with van der Waals surface area (Å²) in [7, 11) is 0. The first kappa shape index (κ1) is 18.7. The zero-order chi connectivity index (χ0) is 18.4. The fourth-order valence-corrected chi connectivity index (χ4v) is 3.25. The number of rotatable bonds is 7. The van der Waals surface area contributed by atoms with Gasteiger partial charge in [0.1, 0.15) is 5.82 Å². The third-order valence-corrected chi connectivity index (χ3v) is 4.99. The van der Waals surface area contributed by atoms with Gasteiger partial charge >= 0.3 is 0 Å². The number of hydrogen-bond donors (Lipinski definition) is 0. The van der Waals surface area contributed by atoms with Crippen LogP contribution in [0.5, 0.6) is 0 Å². The van der Waals surface area contributed by atoms with Crippen LogP contribution in [0.15, 0.2) is 66.7 Å². The maximum atomic E-state index is 14.5. The standard InChI is InChI=1S/C24H24ClF/c1-2-3-4-20-11-16-23(24(26)17-20)21-12-7-18(8-13-21)5-6-19-9-14-22(25)15-10-19/h7-17H,2-6H2,1H3. The van der Waals surface area contributed by atoms with E-state index in [1.807, 2.05) is 36.4 Å². The summed E-state index contributed by atoms with van der Waals surface area (Å²) in [6.07, 6.45) is 5.09. The average Bonchev–Trinajstić information content (AvgIpc) is 2.66. The van der Waals surface area contributed by atoms with E-state index >= 15 is 0 Å². The van der Waals surface area contributed by atoms with Crippen molar-refractivity contribution in [2.45, 2.75) is 39.0 Å². The number of unbranched alkanes of at least 4 members (excludes halogenated alkanes) is 1. The van der Waals surface area contributed by atoms with Crippen molar-refractivity contribution in [2.75, 3.05) is 0 Å². The molecule has 0 aliphatic heterocycles. The largest absolute Gasteiger partial charge is 0.206 e. The highest BCUT2D eigenvalue weighted by Gasteiger charge is 2.06. The van der Waals surface area contributed by atoms with Gasteiger partial charge in [-0.25, -0.2) is 4.39 Å². The van der Waals surface area contributed by atoms with Gasteiger partial charge in [-0.3, -0.25) is 0 Å². The molecule has 0 heterocycles. The summed E-state index contributed by atoms with van der Waals surface area (Å²) in [4.78, 5) is 0. The van der Waals surface area contributed by atoms with Crippen LogP contribution >= 0.6 is 11.6 Å². The van der Waals surface area contributed by atoms with Gasteiger partial charge in [-0.05, 0) is 66.1 Å². The van der Waals surface area contributed by atoms with Crippen LogP contribution in [0.25, 0.3) is 11.1 Å². The lowest BCUT2D eigenvalue weighted by Crippen LogP contribution is -1.93.